The molecule has 0 spiro atoms. The monoisotopic (exact) mass is 317 g/mol. The molecule has 0 aromatic heterocycles. The summed E-state index contributed by atoms with van der Waals surface area (Å²) in [6.45, 7) is 9.06. The summed E-state index contributed by atoms with van der Waals surface area (Å²) in [5.41, 5.74) is 1.69. The molecule has 0 saturated carbocycles. The van der Waals surface area contributed by atoms with Gasteiger partial charge in [-0.3, -0.25) is 9.59 Å². The van der Waals surface area contributed by atoms with Crippen molar-refractivity contribution in [3.63, 3.8) is 0 Å². The number of nitrogens with zero attached hydrogens (tertiary/aromatic N) is 1. The highest BCUT2D eigenvalue weighted by Crippen LogP contribution is 2.18. The van der Waals surface area contributed by atoms with Crippen molar-refractivity contribution in [3.8, 4) is 0 Å². The van der Waals surface area contributed by atoms with Gasteiger partial charge in [-0.1, -0.05) is 12.1 Å². The van der Waals surface area contributed by atoms with Crippen molar-refractivity contribution in [2.75, 3.05) is 25.0 Å². The van der Waals surface area contributed by atoms with Gasteiger partial charge >= 0.3 is 11.8 Å². The topological polar surface area (TPSA) is 61.4 Å². The number of likely N-dealkylation sites (tertiary alicyclic amines) is 1. The van der Waals surface area contributed by atoms with Crippen molar-refractivity contribution in [2.45, 2.75) is 39.7 Å². The number of piperidine rings is 1. The summed E-state index contributed by atoms with van der Waals surface area (Å²) in [6, 6.07) is 7.99. The zero-order valence-electron chi connectivity index (χ0n) is 14.3. The van der Waals surface area contributed by atoms with Gasteiger partial charge in [0.05, 0.1) is 0 Å². The number of anilines is 1. The summed E-state index contributed by atoms with van der Waals surface area (Å²) in [6.07, 6.45) is 2.13. The van der Waals surface area contributed by atoms with Crippen LogP contribution in [-0.4, -0.2) is 42.4 Å². The number of hydrogen-bond donors (Lipinski definition) is 2. The van der Waals surface area contributed by atoms with Crippen molar-refractivity contribution < 1.29 is 9.59 Å². The van der Waals surface area contributed by atoms with E-state index in [1.165, 1.54) is 0 Å². The Balaban J connectivity index is 1.73. The average molecular weight is 317 g/mol. The van der Waals surface area contributed by atoms with Gasteiger partial charge in [-0.25, -0.2) is 0 Å². The van der Waals surface area contributed by atoms with E-state index in [2.05, 4.69) is 29.4 Å². The fourth-order valence-corrected chi connectivity index (χ4v) is 2.90. The zero-order valence-corrected chi connectivity index (χ0v) is 14.3. The van der Waals surface area contributed by atoms with Crippen LogP contribution in [0.2, 0.25) is 0 Å². The summed E-state index contributed by atoms with van der Waals surface area (Å²) in [7, 11) is 0. The second-order valence-corrected chi connectivity index (χ2v) is 6.61. The first-order chi connectivity index (χ1) is 11.0. The molecule has 2 rings (SSSR count). The number of carbonyl (C=O) groups is 2. The highest BCUT2D eigenvalue weighted by molar-refractivity contribution is 6.39. The first kappa shape index (κ1) is 17.5. The lowest BCUT2D eigenvalue weighted by molar-refractivity contribution is -0.136. The zero-order chi connectivity index (χ0) is 16.8. The summed E-state index contributed by atoms with van der Waals surface area (Å²) >= 11 is 0. The smallest absolute Gasteiger partial charge is 0.313 e. The van der Waals surface area contributed by atoms with Crippen LogP contribution in [0.5, 0.6) is 0 Å². The molecule has 0 aliphatic carbocycles. The molecule has 0 unspecified atom stereocenters. The number of carbonyl (C=O) groups excluding carboxylic acids is 2. The van der Waals surface area contributed by atoms with E-state index in [-0.39, 0.29) is 0 Å². The molecule has 1 fully saturated rings. The van der Waals surface area contributed by atoms with Crippen LogP contribution >= 0.6 is 0 Å². The summed E-state index contributed by atoms with van der Waals surface area (Å²) < 4.78 is 0. The van der Waals surface area contributed by atoms with Crippen molar-refractivity contribution in [1.29, 1.82) is 0 Å². The lowest BCUT2D eigenvalue weighted by Crippen LogP contribution is -2.43. The third-order valence-electron chi connectivity index (χ3n) is 4.41. The fraction of sp³-hybridized carbons (Fsp3) is 0.556. The minimum atomic E-state index is -0.602. The molecule has 1 aromatic rings. The van der Waals surface area contributed by atoms with Gasteiger partial charge in [0, 0.05) is 18.3 Å². The Kier molecular flexibility index (Phi) is 6.16. The molecule has 1 aromatic carbocycles. The standard InChI is InChI=1S/C18H27N3O2/c1-13(2)21-9-7-15(8-10-21)12-19-17(22)18(23)20-16-6-4-5-14(3)11-16/h4-6,11,13,15H,7-10,12H2,1-3H3,(H,19,22)(H,20,23). The second-order valence-electron chi connectivity index (χ2n) is 6.61. The molecule has 1 aliphatic rings. The highest BCUT2D eigenvalue weighted by Gasteiger charge is 2.22. The predicted molar refractivity (Wildman–Crippen MR) is 92.3 cm³/mol. The van der Waals surface area contributed by atoms with Gasteiger partial charge in [0.2, 0.25) is 0 Å². The van der Waals surface area contributed by atoms with Crippen LogP contribution in [0.3, 0.4) is 0 Å². The van der Waals surface area contributed by atoms with E-state index in [0.717, 1.165) is 31.5 Å². The molecule has 0 bridgehead atoms. The Morgan fingerprint density at radius 2 is 1.91 bits per heavy atom. The molecular weight excluding hydrogens is 290 g/mol. The van der Waals surface area contributed by atoms with Crippen LogP contribution in [-0.2, 0) is 9.59 Å². The van der Waals surface area contributed by atoms with E-state index >= 15 is 0 Å². The second kappa shape index (κ2) is 8.11. The van der Waals surface area contributed by atoms with E-state index in [1.54, 1.807) is 6.07 Å². The lowest BCUT2D eigenvalue weighted by atomic mass is 9.96. The molecule has 5 heteroatoms. The third kappa shape index (κ3) is 5.36. The number of benzene rings is 1. The van der Waals surface area contributed by atoms with Crippen molar-refractivity contribution in [1.82, 2.24) is 10.2 Å². The minimum Gasteiger partial charge on any atom is -0.348 e. The maximum atomic E-state index is 11.9. The SMILES string of the molecule is Cc1cccc(NC(=O)C(=O)NCC2CCN(C(C)C)CC2)c1. The normalized spacial score (nSPS) is 16.3. The molecular formula is C18H27N3O2. The Bertz CT molecular complexity index is 549. The Morgan fingerprint density at radius 1 is 1.22 bits per heavy atom. The third-order valence-corrected chi connectivity index (χ3v) is 4.41. The summed E-state index contributed by atoms with van der Waals surface area (Å²) in [5, 5.41) is 5.39. The van der Waals surface area contributed by atoms with E-state index in [4.69, 9.17) is 0 Å². The Morgan fingerprint density at radius 3 is 2.52 bits per heavy atom. The quantitative estimate of drug-likeness (QED) is 0.837. The molecule has 0 radical (unpaired) electrons. The largest absolute Gasteiger partial charge is 0.348 e. The van der Waals surface area contributed by atoms with E-state index < -0.39 is 11.8 Å². The van der Waals surface area contributed by atoms with Crippen LogP contribution in [0.1, 0.15) is 32.3 Å². The van der Waals surface area contributed by atoms with Gasteiger partial charge < -0.3 is 15.5 Å². The Hall–Kier alpha value is -1.88. The Labute approximate surface area is 138 Å². The number of aryl methyl sites for hydroxylation is 1. The maximum absolute atomic E-state index is 11.9. The molecule has 5 nitrogen and oxygen atoms in total. The predicted octanol–water partition coefficient (Wildman–Crippen LogP) is 2.17. The number of nitrogens with one attached hydrogen (secondary N) is 2. The van der Waals surface area contributed by atoms with Crippen molar-refractivity contribution in [2.24, 2.45) is 5.92 Å². The first-order valence-electron chi connectivity index (χ1n) is 8.35. The number of amides is 2. The first-order valence-corrected chi connectivity index (χ1v) is 8.35. The van der Waals surface area contributed by atoms with E-state index in [9.17, 15) is 9.59 Å². The van der Waals surface area contributed by atoms with Crippen LogP contribution in [0.4, 0.5) is 5.69 Å². The van der Waals surface area contributed by atoms with Crippen LogP contribution < -0.4 is 10.6 Å². The van der Waals surface area contributed by atoms with Gasteiger partial charge in [-0.2, -0.15) is 0 Å². The average Bonchev–Trinajstić information content (AvgIpc) is 2.53. The molecule has 1 aliphatic heterocycles. The molecule has 1 saturated heterocycles. The maximum Gasteiger partial charge on any atom is 0.313 e. The van der Waals surface area contributed by atoms with Crippen molar-refractivity contribution in [3.05, 3.63) is 29.8 Å². The molecule has 23 heavy (non-hydrogen) atoms. The van der Waals surface area contributed by atoms with Crippen LogP contribution in [0.15, 0.2) is 24.3 Å². The summed E-state index contributed by atoms with van der Waals surface area (Å²) in [5.74, 6) is -0.700. The fourth-order valence-electron chi connectivity index (χ4n) is 2.90. The number of hydrogen-bond acceptors (Lipinski definition) is 3. The lowest BCUT2D eigenvalue weighted by Gasteiger charge is -2.34. The van der Waals surface area contributed by atoms with E-state index in [0.29, 0.717) is 24.2 Å². The highest BCUT2D eigenvalue weighted by atomic mass is 16.2. The van der Waals surface area contributed by atoms with Gasteiger partial charge in [0.25, 0.3) is 0 Å². The molecule has 0 atom stereocenters. The molecule has 126 valence electrons. The van der Waals surface area contributed by atoms with Crippen molar-refractivity contribution >= 4 is 17.5 Å². The van der Waals surface area contributed by atoms with Crippen LogP contribution in [0, 0.1) is 12.8 Å². The molecule has 2 N–H and O–H groups in total. The number of rotatable bonds is 4. The van der Waals surface area contributed by atoms with Crippen LogP contribution in [0.25, 0.3) is 0 Å². The molecule has 2 amide bonds. The minimum absolute atomic E-state index is 0.459. The van der Waals surface area contributed by atoms with Gasteiger partial charge in [0.15, 0.2) is 0 Å². The van der Waals surface area contributed by atoms with Gasteiger partial charge in [-0.15, -0.1) is 0 Å². The molecule has 1 heterocycles. The van der Waals surface area contributed by atoms with Gasteiger partial charge in [-0.05, 0) is 70.3 Å². The van der Waals surface area contributed by atoms with E-state index in [1.807, 2.05) is 25.1 Å². The van der Waals surface area contributed by atoms with Gasteiger partial charge in [0.1, 0.15) is 0 Å². The summed E-state index contributed by atoms with van der Waals surface area (Å²) in [4.78, 5) is 26.3.